The molecule has 52 heavy (non-hydrogen) atoms. The van der Waals surface area contributed by atoms with E-state index in [9.17, 15) is 0 Å². The highest BCUT2D eigenvalue weighted by molar-refractivity contribution is 7.18. The Kier molecular flexibility index (Phi) is 9.36. The number of hydrogen-bond donors (Lipinski definition) is 0. The van der Waals surface area contributed by atoms with Gasteiger partial charge < -0.3 is 14.0 Å². The van der Waals surface area contributed by atoms with Crippen LogP contribution in [0, 0.1) is 10.8 Å². The van der Waals surface area contributed by atoms with E-state index in [0.29, 0.717) is 0 Å². The standard InChI is InChI=1S/C47H59BO3S/c1-8-9-10-11-12-13-30-49-36-20-16-33(17-21-36)41-24-25-42(52-41)34-18-22-37-38-23-19-35(48-50-43(2,3)44(4,5)51-48)32-40(38)47(39(37)31-34)45(6)26-14-28-46(47,7)29-15-27-45/h16-25,31-32H,8-15,26-30H2,1-7H3. The smallest absolute Gasteiger partial charge is 0.494 e. The number of rotatable bonds is 11. The van der Waals surface area contributed by atoms with Gasteiger partial charge in [-0.15, -0.1) is 11.3 Å². The van der Waals surface area contributed by atoms with Gasteiger partial charge in [0.1, 0.15) is 5.75 Å². The summed E-state index contributed by atoms with van der Waals surface area (Å²) in [4.78, 5) is 2.64. The summed E-state index contributed by atoms with van der Waals surface area (Å²) >= 11 is 1.90. The van der Waals surface area contributed by atoms with Crippen LogP contribution < -0.4 is 10.2 Å². The van der Waals surface area contributed by atoms with Crippen molar-refractivity contribution in [2.24, 2.45) is 10.8 Å². The van der Waals surface area contributed by atoms with E-state index in [-0.39, 0.29) is 34.6 Å². The lowest BCUT2D eigenvalue weighted by Gasteiger charge is -2.65. The summed E-state index contributed by atoms with van der Waals surface area (Å²) in [6, 6.07) is 28.0. The minimum Gasteiger partial charge on any atom is -0.494 e. The predicted octanol–water partition coefficient (Wildman–Crippen LogP) is 12.8. The van der Waals surface area contributed by atoms with Crippen LogP contribution in [0.15, 0.2) is 72.8 Å². The SMILES string of the molecule is CCCCCCCCOc1ccc(-c2ccc(-c3ccc4c(c3)C3(c5cc(B6OC(C)(C)C(C)(C)O6)ccc5-4)C4(C)CCCC3(C)CCC4)s2)cc1. The van der Waals surface area contributed by atoms with Crippen molar-refractivity contribution in [2.75, 3.05) is 6.61 Å². The molecule has 0 N–H and O–H groups in total. The third kappa shape index (κ3) is 5.75. The second-order valence-corrected chi connectivity index (χ2v) is 19.1. The summed E-state index contributed by atoms with van der Waals surface area (Å²) in [6.45, 7) is 17.0. The molecule has 2 bridgehead atoms. The van der Waals surface area contributed by atoms with E-state index >= 15 is 0 Å². The molecular weight excluding hydrogens is 655 g/mol. The van der Waals surface area contributed by atoms with E-state index in [1.807, 2.05) is 11.3 Å². The van der Waals surface area contributed by atoms with Crippen molar-refractivity contribution < 1.29 is 14.0 Å². The molecule has 1 aliphatic heterocycles. The molecule has 0 radical (unpaired) electrons. The maximum absolute atomic E-state index is 6.64. The minimum absolute atomic E-state index is 0.0533. The Morgan fingerprint density at radius 1 is 0.615 bits per heavy atom. The summed E-state index contributed by atoms with van der Waals surface area (Å²) in [7, 11) is -0.360. The molecule has 1 spiro atoms. The van der Waals surface area contributed by atoms with Crippen LogP contribution in [0.5, 0.6) is 5.75 Å². The van der Waals surface area contributed by atoms with Gasteiger partial charge in [-0.25, -0.2) is 0 Å². The summed E-state index contributed by atoms with van der Waals surface area (Å²) in [6.07, 6.45) is 15.4. The number of ether oxygens (including phenoxy) is 1. The molecule has 3 fully saturated rings. The zero-order valence-electron chi connectivity index (χ0n) is 32.8. The van der Waals surface area contributed by atoms with E-state index in [4.69, 9.17) is 14.0 Å². The molecule has 4 aromatic rings. The first kappa shape index (κ1) is 36.1. The second kappa shape index (κ2) is 13.5. The van der Waals surface area contributed by atoms with Gasteiger partial charge in [-0.1, -0.05) is 96.0 Å². The molecule has 3 nitrogen and oxygen atoms in total. The van der Waals surface area contributed by atoms with Crippen molar-refractivity contribution in [1.82, 2.24) is 0 Å². The lowest BCUT2D eigenvalue weighted by atomic mass is 9.38. The van der Waals surface area contributed by atoms with Crippen molar-refractivity contribution in [2.45, 2.75) is 142 Å². The van der Waals surface area contributed by atoms with Crippen LogP contribution in [0.4, 0.5) is 0 Å². The molecule has 0 amide bonds. The molecule has 4 aliphatic rings. The van der Waals surface area contributed by atoms with Crippen LogP contribution in [-0.4, -0.2) is 24.9 Å². The van der Waals surface area contributed by atoms with Gasteiger partial charge in [-0.2, -0.15) is 0 Å². The minimum atomic E-state index is -0.367. The van der Waals surface area contributed by atoms with Gasteiger partial charge >= 0.3 is 7.12 Å². The highest BCUT2D eigenvalue weighted by Crippen LogP contribution is 2.74. The number of benzene rings is 3. The summed E-state index contributed by atoms with van der Waals surface area (Å²) < 4.78 is 19.4. The summed E-state index contributed by atoms with van der Waals surface area (Å²) in [5, 5.41) is 0. The Morgan fingerprint density at radius 3 is 1.79 bits per heavy atom. The fraction of sp³-hybridized carbons (Fsp3) is 0.532. The molecule has 8 rings (SSSR count). The number of unbranched alkanes of at least 4 members (excludes halogenated alkanes) is 5. The molecule has 5 heteroatoms. The van der Waals surface area contributed by atoms with Gasteiger partial charge in [0.2, 0.25) is 0 Å². The molecule has 3 aromatic carbocycles. The van der Waals surface area contributed by atoms with Crippen LogP contribution in [0.25, 0.3) is 32.0 Å². The molecule has 2 saturated carbocycles. The Balaban J connectivity index is 1.11. The van der Waals surface area contributed by atoms with Gasteiger partial charge in [-0.3, -0.25) is 0 Å². The lowest BCUT2D eigenvalue weighted by molar-refractivity contribution is -0.0628. The van der Waals surface area contributed by atoms with Crippen molar-refractivity contribution in [3.63, 3.8) is 0 Å². The third-order valence-electron chi connectivity index (χ3n) is 14.2. The highest BCUT2D eigenvalue weighted by Gasteiger charge is 2.67. The summed E-state index contributed by atoms with van der Waals surface area (Å²) in [5.74, 6) is 0.972. The van der Waals surface area contributed by atoms with Crippen LogP contribution in [-0.2, 0) is 14.7 Å². The monoisotopic (exact) mass is 714 g/mol. The normalized spacial score (nSPS) is 26.8. The Morgan fingerprint density at radius 2 is 1.15 bits per heavy atom. The summed E-state index contributed by atoms with van der Waals surface area (Å²) in [5.41, 5.74) is 9.23. The predicted molar refractivity (Wildman–Crippen MR) is 220 cm³/mol. The van der Waals surface area contributed by atoms with E-state index in [1.54, 1.807) is 5.56 Å². The van der Waals surface area contributed by atoms with E-state index in [1.165, 1.54) is 108 Å². The largest absolute Gasteiger partial charge is 0.494 e. The maximum Gasteiger partial charge on any atom is 0.494 e. The fourth-order valence-electron chi connectivity index (χ4n) is 10.8. The van der Waals surface area contributed by atoms with Crippen LogP contribution >= 0.6 is 11.3 Å². The topological polar surface area (TPSA) is 27.7 Å². The fourth-order valence-corrected chi connectivity index (χ4v) is 11.8. The van der Waals surface area contributed by atoms with Crippen molar-refractivity contribution in [3.8, 4) is 37.8 Å². The third-order valence-corrected chi connectivity index (χ3v) is 15.4. The first-order valence-corrected chi connectivity index (χ1v) is 21.2. The first-order chi connectivity index (χ1) is 24.9. The Hall–Kier alpha value is -2.86. The zero-order chi connectivity index (χ0) is 36.4. The molecular formula is C47H59BO3S. The van der Waals surface area contributed by atoms with E-state index < -0.39 is 0 Å². The van der Waals surface area contributed by atoms with Gasteiger partial charge in [0.05, 0.1) is 17.8 Å². The van der Waals surface area contributed by atoms with Crippen molar-refractivity contribution in [3.05, 3.63) is 83.9 Å². The van der Waals surface area contributed by atoms with Gasteiger partial charge in [-0.05, 0) is 152 Å². The molecule has 1 saturated heterocycles. The average Bonchev–Trinajstić information content (AvgIpc) is 3.77. The van der Waals surface area contributed by atoms with Crippen LogP contribution in [0.2, 0.25) is 0 Å². The van der Waals surface area contributed by atoms with Gasteiger partial charge in [0, 0.05) is 15.2 Å². The Bertz CT molecular complexity index is 1870. The second-order valence-electron chi connectivity index (χ2n) is 18.0. The number of fused-ring (bicyclic) bond motifs is 3. The maximum atomic E-state index is 6.64. The van der Waals surface area contributed by atoms with Crippen LogP contribution in [0.1, 0.15) is 137 Å². The Labute approximate surface area is 318 Å². The quantitative estimate of drug-likeness (QED) is 0.114. The van der Waals surface area contributed by atoms with Gasteiger partial charge in [0.15, 0.2) is 0 Å². The average molecular weight is 715 g/mol. The van der Waals surface area contributed by atoms with E-state index in [0.717, 1.165) is 24.2 Å². The first-order valence-electron chi connectivity index (χ1n) is 20.4. The molecule has 1 aromatic heterocycles. The lowest BCUT2D eigenvalue weighted by Crippen LogP contribution is -2.60. The number of hydrogen-bond acceptors (Lipinski definition) is 4. The highest BCUT2D eigenvalue weighted by atomic mass is 32.1. The molecule has 3 aliphatic carbocycles. The molecule has 0 atom stereocenters. The zero-order valence-corrected chi connectivity index (χ0v) is 33.6. The van der Waals surface area contributed by atoms with E-state index in [2.05, 4.69) is 121 Å². The van der Waals surface area contributed by atoms with Crippen molar-refractivity contribution in [1.29, 1.82) is 0 Å². The molecule has 2 heterocycles. The van der Waals surface area contributed by atoms with Crippen LogP contribution in [0.3, 0.4) is 0 Å². The molecule has 0 unspecified atom stereocenters. The van der Waals surface area contributed by atoms with Gasteiger partial charge in [0.25, 0.3) is 0 Å². The van der Waals surface area contributed by atoms with Crippen molar-refractivity contribution >= 4 is 23.9 Å². The number of thiophene rings is 1. The molecule has 274 valence electrons.